The largest absolute Gasteiger partial charge is 0.507 e. The second-order valence-corrected chi connectivity index (χ2v) is 5.07. The second-order valence-electron chi connectivity index (χ2n) is 3.65. The van der Waals surface area contributed by atoms with Crippen LogP contribution in [0.2, 0.25) is 5.02 Å². The summed E-state index contributed by atoms with van der Waals surface area (Å²) in [5, 5.41) is 12.5. The zero-order valence-electron chi connectivity index (χ0n) is 9.18. The molecule has 1 aromatic heterocycles. The first kappa shape index (κ1) is 14.3. The van der Waals surface area contributed by atoms with E-state index in [9.17, 15) is 5.11 Å². The van der Waals surface area contributed by atoms with Crippen LogP contribution in [-0.2, 0) is 0 Å². The molecule has 1 heterocycles. The summed E-state index contributed by atoms with van der Waals surface area (Å²) >= 11 is 7.53. The van der Waals surface area contributed by atoms with E-state index in [0.717, 1.165) is 10.4 Å². The molecule has 0 saturated carbocycles. The molecule has 0 aliphatic carbocycles. The fourth-order valence-corrected chi connectivity index (χ4v) is 2.65. The molecule has 0 aliphatic heterocycles. The summed E-state index contributed by atoms with van der Waals surface area (Å²) in [6, 6.07) is 7.01. The minimum Gasteiger partial charge on any atom is -0.507 e. The Balaban J connectivity index is 0.00000144. The molecule has 3 N–H and O–H groups in total. The molecule has 0 spiro atoms. The van der Waals surface area contributed by atoms with Gasteiger partial charge in [0.15, 0.2) is 0 Å². The summed E-state index contributed by atoms with van der Waals surface area (Å²) in [6.45, 7) is 1.81. The van der Waals surface area contributed by atoms with Crippen molar-refractivity contribution in [2.75, 3.05) is 0 Å². The summed E-state index contributed by atoms with van der Waals surface area (Å²) in [7, 11) is 0. The van der Waals surface area contributed by atoms with Gasteiger partial charge in [-0.1, -0.05) is 17.7 Å². The smallest absolute Gasteiger partial charge is 0.123 e. The van der Waals surface area contributed by atoms with E-state index in [-0.39, 0.29) is 24.2 Å². The number of benzene rings is 1. The summed E-state index contributed by atoms with van der Waals surface area (Å²) in [5.74, 6) is 0.227. The highest BCUT2D eigenvalue weighted by molar-refractivity contribution is 7.10. The number of phenols is 1. The van der Waals surface area contributed by atoms with Gasteiger partial charge in [-0.2, -0.15) is 0 Å². The van der Waals surface area contributed by atoms with Gasteiger partial charge < -0.3 is 10.8 Å². The lowest BCUT2D eigenvalue weighted by Crippen LogP contribution is -2.10. The lowest BCUT2D eigenvalue weighted by atomic mass is 10.0. The van der Waals surface area contributed by atoms with Crippen molar-refractivity contribution >= 4 is 35.3 Å². The third kappa shape index (κ3) is 2.93. The monoisotopic (exact) mass is 289 g/mol. The number of hydrogen-bond donors (Lipinski definition) is 2. The number of nitrogens with two attached hydrogens (primary N) is 1. The van der Waals surface area contributed by atoms with Gasteiger partial charge in [0, 0.05) is 15.5 Å². The molecule has 0 fully saturated rings. The van der Waals surface area contributed by atoms with Crippen molar-refractivity contribution in [3.05, 3.63) is 50.7 Å². The third-order valence-electron chi connectivity index (χ3n) is 2.48. The SMILES string of the molecule is Cc1cc(Cl)cc([C@@H](N)c2cccs2)c1O.Cl. The predicted octanol–water partition coefficient (Wildman–Crippen LogP) is 3.89. The average molecular weight is 290 g/mol. The van der Waals surface area contributed by atoms with Crippen molar-refractivity contribution in [2.24, 2.45) is 5.73 Å². The zero-order chi connectivity index (χ0) is 11.7. The van der Waals surface area contributed by atoms with Crippen molar-refractivity contribution in [1.82, 2.24) is 0 Å². The Hall–Kier alpha value is -0.740. The highest BCUT2D eigenvalue weighted by Gasteiger charge is 2.16. The first-order chi connectivity index (χ1) is 7.59. The van der Waals surface area contributed by atoms with E-state index in [2.05, 4.69) is 0 Å². The second kappa shape index (κ2) is 5.74. The van der Waals surface area contributed by atoms with Crippen molar-refractivity contribution < 1.29 is 5.11 Å². The van der Waals surface area contributed by atoms with Crippen LogP contribution >= 0.6 is 35.3 Å². The standard InChI is InChI=1S/C12H12ClNOS.ClH/c1-7-5-8(13)6-9(12(7)15)11(14)10-3-2-4-16-10;/h2-6,11,15H,14H2,1H3;1H/t11-;/m1./s1. The predicted molar refractivity (Wildman–Crippen MR) is 75.5 cm³/mol. The van der Waals surface area contributed by atoms with Gasteiger partial charge in [0.05, 0.1) is 6.04 Å². The maximum atomic E-state index is 9.96. The van der Waals surface area contributed by atoms with Crippen LogP contribution in [0, 0.1) is 6.92 Å². The molecular weight excluding hydrogens is 277 g/mol. The lowest BCUT2D eigenvalue weighted by molar-refractivity contribution is 0.461. The van der Waals surface area contributed by atoms with E-state index in [1.54, 1.807) is 23.5 Å². The van der Waals surface area contributed by atoms with Gasteiger partial charge in [-0.05, 0) is 36.1 Å². The van der Waals surface area contributed by atoms with Gasteiger partial charge in [-0.15, -0.1) is 23.7 Å². The number of aromatic hydroxyl groups is 1. The maximum absolute atomic E-state index is 9.96. The number of rotatable bonds is 2. The Morgan fingerprint density at radius 3 is 2.71 bits per heavy atom. The first-order valence-corrected chi connectivity index (χ1v) is 6.13. The first-order valence-electron chi connectivity index (χ1n) is 4.87. The van der Waals surface area contributed by atoms with E-state index in [1.165, 1.54) is 0 Å². The van der Waals surface area contributed by atoms with Crippen LogP contribution in [0.3, 0.4) is 0 Å². The third-order valence-corrected chi connectivity index (χ3v) is 3.65. The fourth-order valence-electron chi connectivity index (χ4n) is 1.62. The molecule has 0 aliphatic rings. The summed E-state index contributed by atoms with van der Waals surface area (Å²) in [5.41, 5.74) is 7.51. The van der Waals surface area contributed by atoms with Crippen LogP contribution in [0.5, 0.6) is 5.75 Å². The molecule has 5 heteroatoms. The van der Waals surface area contributed by atoms with Gasteiger partial charge in [0.25, 0.3) is 0 Å². The summed E-state index contributed by atoms with van der Waals surface area (Å²) in [4.78, 5) is 1.01. The highest BCUT2D eigenvalue weighted by Crippen LogP contribution is 2.34. The van der Waals surface area contributed by atoms with Crippen LogP contribution in [0.15, 0.2) is 29.6 Å². The Morgan fingerprint density at radius 1 is 1.41 bits per heavy atom. The number of aryl methyl sites for hydroxylation is 1. The van der Waals surface area contributed by atoms with E-state index in [4.69, 9.17) is 17.3 Å². The zero-order valence-corrected chi connectivity index (χ0v) is 11.6. The molecule has 2 rings (SSSR count). The lowest BCUT2D eigenvalue weighted by Gasteiger charge is -2.14. The van der Waals surface area contributed by atoms with Crippen LogP contribution in [0.1, 0.15) is 22.0 Å². The molecule has 0 bridgehead atoms. The van der Waals surface area contributed by atoms with Crippen molar-refractivity contribution in [1.29, 1.82) is 0 Å². The Labute approximate surface area is 115 Å². The Kier molecular flexibility index (Phi) is 4.83. The molecule has 2 aromatic rings. The van der Waals surface area contributed by atoms with Crippen LogP contribution in [-0.4, -0.2) is 5.11 Å². The molecule has 0 unspecified atom stereocenters. The number of halogens is 2. The minimum absolute atomic E-state index is 0. The summed E-state index contributed by atoms with van der Waals surface area (Å²) in [6.07, 6.45) is 0. The molecule has 17 heavy (non-hydrogen) atoms. The molecule has 92 valence electrons. The number of thiophene rings is 1. The highest BCUT2D eigenvalue weighted by atomic mass is 35.5. The van der Waals surface area contributed by atoms with E-state index >= 15 is 0 Å². The van der Waals surface area contributed by atoms with Crippen molar-refractivity contribution in [2.45, 2.75) is 13.0 Å². The molecule has 1 aromatic carbocycles. The van der Waals surface area contributed by atoms with E-state index < -0.39 is 0 Å². The quantitative estimate of drug-likeness (QED) is 0.881. The van der Waals surface area contributed by atoms with Gasteiger partial charge in [-0.3, -0.25) is 0 Å². The Morgan fingerprint density at radius 2 is 2.12 bits per heavy atom. The molecule has 1 atom stereocenters. The topological polar surface area (TPSA) is 46.2 Å². The van der Waals surface area contributed by atoms with Gasteiger partial charge in [0.1, 0.15) is 5.75 Å². The van der Waals surface area contributed by atoms with Crippen LogP contribution in [0.25, 0.3) is 0 Å². The van der Waals surface area contributed by atoms with E-state index in [0.29, 0.717) is 10.6 Å². The van der Waals surface area contributed by atoms with Crippen LogP contribution < -0.4 is 5.73 Å². The van der Waals surface area contributed by atoms with Crippen molar-refractivity contribution in [3.63, 3.8) is 0 Å². The molecule has 0 saturated heterocycles. The normalized spacial score (nSPS) is 11.9. The van der Waals surface area contributed by atoms with Crippen LogP contribution in [0.4, 0.5) is 0 Å². The fraction of sp³-hybridized carbons (Fsp3) is 0.167. The Bertz CT molecular complexity index is 499. The maximum Gasteiger partial charge on any atom is 0.123 e. The van der Waals surface area contributed by atoms with Gasteiger partial charge in [-0.25, -0.2) is 0 Å². The molecule has 0 amide bonds. The number of phenolic OH excluding ortho intramolecular Hbond substituents is 1. The van der Waals surface area contributed by atoms with Gasteiger partial charge >= 0.3 is 0 Å². The minimum atomic E-state index is -0.322. The van der Waals surface area contributed by atoms with E-state index in [1.807, 2.05) is 24.4 Å². The number of hydrogen-bond acceptors (Lipinski definition) is 3. The molecule has 0 radical (unpaired) electrons. The molecule has 2 nitrogen and oxygen atoms in total. The van der Waals surface area contributed by atoms with Crippen molar-refractivity contribution in [3.8, 4) is 5.75 Å². The van der Waals surface area contributed by atoms with Gasteiger partial charge in [0.2, 0.25) is 0 Å². The summed E-state index contributed by atoms with van der Waals surface area (Å²) < 4.78 is 0. The average Bonchev–Trinajstić information content (AvgIpc) is 2.75. The molecular formula is C12H13Cl2NOS.